The number of carbonyl (C=O) groups is 1. The summed E-state index contributed by atoms with van der Waals surface area (Å²) >= 11 is 0. The largest absolute Gasteiger partial charge is 0.489 e. The van der Waals surface area contributed by atoms with Crippen molar-refractivity contribution in [1.82, 2.24) is 9.97 Å². The van der Waals surface area contributed by atoms with Crippen LogP contribution < -0.4 is 9.47 Å². The predicted molar refractivity (Wildman–Crippen MR) is 134 cm³/mol. The minimum Gasteiger partial charge on any atom is -0.489 e. The van der Waals surface area contributed by atoms with E-state index in [-0.39, 0.29) is 59.8 Å². The van der Waals surface area contributed by atoms with Crippen molar-refractivity contribution in [2.75, 3.05) is 18.6 Å². The third-order valence-electron chi connectivity index (χ3n) is 7.06. The summed E-state index contributed by atoms with van der Waals surface area (Å²) in [6.45, 7) is -0.446. The zero-order valence-electron chi connectivity index (χ0n) is 21.1. The van der Waals surface area contributed by atoms with Gasteiger partial charge in [0, 0.05) is 29.5 Å². The van der Waals surface area contributed by atoms with Gasteiger partial charge in [-0.05, 0) is 59.7 Å². The molecule has 2 aliphatic carbocycles. The molecule has 212 valence electrons. The van der Waals surface area contributed by atoms with E-state index in [0.717, 1.165) is 29.6 Å². The number of rotatable bonds is 10. The van der Waals surface area contributed by atoms with Crippen LogP contribution in [0.3, 0.4) is 0 Å². The molecule has 5 rings (SSSR count). The van der Waals surface area contributed by atoms with Gasteiger partial charge in [0.15, 0.2) is 5.69 Å². The molecule has 3 atom stereocenters. The lowest BCUT2D eigenvalue weighted by molar-refractivity contribution is -0.141. The van der Waals surface area contributed by atoms with Crippen molar-refractivity contribution in [3.63, 3.8) is 0 Å². The first-order chi connectivity index (χ1) is 18.8. The number of aromatic nitrogens is 2. The SMILES string of the molecule is CS(=O)(=O)CCCOc1ncc(-c2ccc(F)c(COc3ccc4c(c3)CC3C(C(=O)O)C43)c2)c(C(F)(F)F)n1. The Labute approximate surface area is 226 Å². The first-order valence-electron chi connectivity index (χ1n) is 12.3. The van der Waals surface area contributed by atoms with Crippen LogP contribution in [0.4, 0.5) is 17.6 Å². The fourth-order valence-electron chi connectivity index (χ4n) is 5.18. The third kappa shape index (κ3) is 5.88. The van der Waals surface area contributed by atoms with Gasteiger partial charge in [0.25, 0.3) is 0 Å². The number of alkyl halides is 3. The van der Waals surface area contributed by atoms with Crippen LogP contribution in [0.2, 0.25) is 0 Å². The molecule has 13 heteroatoms. The van der Waals surface area contributed by atoms with Gasteiger partial charge in [-0.25, -0.2) is 17.8 Å². The molecule has 40 heavy (non-hydrogen) atoms. The maximum atomic E-state index is 14.6. The summed E-state index contributed by atoms with van der Waals surface area (Å²) in [5.41, 5.74) is 0.314. The molecule has 1 fully saturated rings. The minimum absolute atomic E-state index is 0.00463. The van der Waals surface area contributed by atoms with Crippen LogP contribution in [0.5, 0.6) is 11.8 Å². The van der Waals surface area contributed by atoms with E-state index in [2.05, 4.69) is 9.97 Å². The third-order valence-corrected chi connectivity index (χ3v) is 8.09. The quantitative estimate of drug-likeness (QED) is 0.272. The second-order valence-corrected chi connectivity index (χ2v) is 12.2. The Kier molecular flexibility index (Phi) is 7.19. The van der Waals surface area contributed by atoms with Crippen molar-refractivity contribution in [3.8, 4) is 22.9 Å². The van der Waals surface area contributed by atoms with Crippen molar-refractivity contribution in [2.24, 2.45) is 11.8 Å². The number of fused-ring (bicyclic) bond motifs is 3. The number of carboxylic acids is 1. The number of nitrogens with zero attached hydrogens (tertiary/aromatic N) is 2. The molecule has 2 aromatic carbocycles. The predicted octanol–water partition coefficient (Wildman–Crippen LogP) is 4.66. The normalized spacial score (nSPS) is 19.6. The Morgan fingerprint density at radius 3 is 2.62 bits per heavy atom. The highest BCUT2D eigenvalue weighted by molar-refractivity contribution is 7.90. The summed E-state index contributed by atoms with van der Waals surface area (Å²) in [4.78, 5) is 18.6. The molecule has 1 aromatic heterocycles. The van der Waals surface area contributed by atoms with Gasteiger partial charge in [-0.2, -0.15) is 18.2 Å². The van der Waals surface area contributed by atoms with E-state index in [0.29, 0.717) is 12.2 Å². The molecule has 2 aliphatic rings. The summed E-state index contributed by atoms with van der Waals surface area (Å²) in [5, 5.41) is 9.27. The number of aliphatic carboxylic acids is 1. The number of sulfone groups is 1. The van der Waals surface area contributed by atoms with Crippen molar-refractivity contribution < 1.29 is 45.4 Å². The van der Waals surface area contributed by atoms with Gasteiger partial charge in [-0.1, -0.05) is 12.1 Å². The molecule has 1 saturated carbocycles. The van der Waals surface area contributed by atoms with Crippen LogP contribution in [-0.2, 0) is 33.8 Å². The second kappa shape index (κ2) is 10.3. The fraction of sp³-hybridized carbons (Fsp3) is 0.370. The Morgan fingerprint density at radius 2 is 1.93 bits per heavy atom. The highest BCUT2D eigenvalue weighted by Gasteiger charge is 2.59. The van der Waals surface area contributed by atoms with Crippen molar-refractivity contribution in [1.29, 1.82) is 0 Å². The number of carboxylic acid groups (broad SMARTS) is 1. The topological polar surface area (TPSA) is 116 Å². The summed E-state index contributed by atoms with van der Waals surface area (Å²) < 4.78 is 89.4. The van der Waals surface area contributed by atoms with Crippen LogP contribution in [0, 0.1) is 17.7 Å². The number of ether oxygens (including phenoxy) is 2. The second-order valence-electron chi connectivity index (χ2n) is 9.96. The van der Waals surface area contributed by atoms with Gasteiger partial charge in [-0.15, -0.1) is 0 Å². The first-order valence-corrected chi connectivity index (χ1v) is 14.4. The average Bonchev–Trinajstić information content (AvgIpc) is 3.47. The minimum atomic E-state index is -4.88. The zero-order chi connectivity index (χ0) is 28.8. The zero-order valence-corrected chi connectivity index (χ0v) is 21.9. The molecule has 1 heterocycles. The summed E-state index contributed by atoms with van der Waals surface area (Å²) in [6.07, 6.45) is -2.24. The highest BCUT2D eigenvalue weighted by atomic mass is 32.2. The van der Waals surface area contributed by atoms with Crippen molar-refractivity contribution >= 4 is 15.8 Å². The lowest BCUT2D eigenvalue weighted by atomic mass is 10.0. The number of benzene rings is 2. The number of halogens is 4. The van der Waals surface area contributed by atoms with Crippen LogP contribution in [0.25, 0.3) is 11.1 Å². The average molecular weight is 581 g/mol. The number of hydrogen-bond acceptors (Lipinski definition) is 7. The monoisotopic (exact) mass is 580 g/mol. The van der Waals surface area contributed by atoms with Gasteiger partial charge in [0.05, 0.1) is 18.3 Å². The molecule has 3 aromatic rings. The molecule has 0 spiro atoms. The van der Waals surface area contributed by atoms with E-state index in [1.165, 1.54) is 12.1 Å². The smallest absolute Gasteiger partial charge is 0.434 e. The molecule has 0 radical (unpaired) electrons. The van der Waals surface area contributed by atoms with E-state index in [4.69, 9.17) is 9.47 Å². The molecular weight excluding hydrogens is 556 g/mol. The lowest BCUT2D eigenvalue weighted by Gasteiger charge is -2.15. The molecule has 1 N–H and O–H groups in total. The van der Waals surface area contributed by atoms with Gasteiger partial charge in [0.1, 0.15) is 28.0 Å². The number of hydrogen-bond donors (Lipinski definition) is 1. The molecule has 3 unspecified atom stereocenters. The molecule has 0 bridgehead atoms. The summed E-state index contributed by atoms with van der Waals surface area (Å²) in [6, 6.07) is 8.15. The van der Waals surface area contributed by atoms with E-state index in [9.17, 15) is 35.9 Å². The Morgan fingerprint density at radius 1 is 1.15 bits per heavy atom. The van der Waals surface area contributed by atoms with Gasteiger partial charge in [-0.3, -0.25) is 4.79 Å². The van der Waals surface area contributed by atoms with Crippen LogP contribution in [-0.4, -0.2) is 48.1 Å². The molecule has 0 aliphatic heterocycles. The highest BCUT2D eigenvalue weighted by Crippen LogP contribution is 2.61. The van der Waals surface area contributed by atoms with Gasteiger partial charge < -0.3 is 14.6 Å². The van der Waals surface area contributed by atoms with E-state index >= 15 is 0 Å². The molecule has 0 saturated heterocycles. The van der Waals surface area contributed by atoms with Gasteiger partial charge >= 0.3 is 18.2 Å². The van der Waals surface area contributed by atoms with Crippen LogP contribution in [0.15, 0.2) is 42.6 Å². The maximum absolute atomic E-state index is 14.6. The van der Waals surface area contributed by atoms with E-state index < -0.39 is 39.5 Å². The lowest BCUT2D eigenvalue weighted by Crippen LogP contribution is -2.14. The van der Waals surface area contributed by atoms with E-state index in [1.807, 2.05) is 6.07 Å². The van der Waals surface area contributed by atoms with Gasteiger partial charge in [0.2, 0.25) is 0 Å². The Hall–Kier alpha value is -3.74. The van der Waals surface area contributed by atoms with Crippen molar-refractivity contribution in [3.05, 3.63) is 70.8 Å². The summed E-state index contributed by atoms with van der Waals surface area (Å²) in [5.74, 6) is -1.51. The maximum Gasteiger partial charge on any atom is 0.434 e. The Balaban J connectivity index is 1.31. The summed E-state index contributed by atoms with van der Waals surface area (Å²) in [7, 11) is -3.25. The standard InChI is InChI=1S/C27H24F4N2O6S/c1-40(36,37)8-2-7-38-26-32-12-20(24(33-26)27(29,30)31)14-3-6-21(28)16(9-14)13-39-17-4-5-18-15(10-17)11-19-22(18)23(19)25(34)35/h3-6,9-10,12,19,22-23H,2,7-8,11,13H2,1H3,(H,34,35). The Bertz CT molecular complexity index is 1580. The molecule has 8 nitrogen and oxygen atoms in total. The van der Waals surface area contributed by atoms with Crippen LogP contribution >= 0.6 is 0 Å². The molecule has 0 amide bonds. The fourth-order valence-corrected chi connectivity index (χ4v) is 5.82. The molecular formula is C27H24F4N2O6S. The van der Waals surface area contributed by atoms with Crippen molar-refractivity contribution in [2.45, 2.75) is 31.5 Å². The first kappa shape index (κ1) is 27.8. The van der Waals surface area contributed by atoms with Crippen LogP contribution in [0.1, 0.15) is 34.7 Å². The van der Waals surface area contributed by atoms with E-state index in [1.54, 1.807) is 12.1 Å².